The summed E-state index contributed by atoms with van der Waals surface area (Å²) in [6, 6.07) is 40.9. The molecule has 0 saturated heterocycles. The first kappa shape index (κ1) is 33.9. The van der Waals surface area contributed by atoms with Crippen LogP contribution in [0.2, 0.25) is 0 Å². The van der Waals surface area contributed by atoms with Crippen molar-refractivity contribution in [3.63, 3.8) is 0 Å². The van der Waals surface area contributed by atoms with E-state index in [1.807, 2.05) is 0 Å². The molecular formula is C53H52BN3. The van der Waals surface area contributed by atoms with E-state index in [0.717, 1.165) is 0 Å². The second-order valence-electron chi connectivity index (χ2n) is 20.8. The van der Waals surface area contributed by atoms with Gasteiger partial charge in [-0.05, 0) is 147 Å². The Hall–Kier alpha value is -5.22. The van der Waals surface area contributed by atoms with Gasteiger partial charge in [-0.1, -0.05) is 110 Å². The Labute approximate surface area is 338 Å². The van der Waals surface area contributed by atoms with E-state index >= 15 is 0 Å². The zero-order chi connectivity index (χ0) is 39.1. The van der Waals surface area contributed by atoms with Crippen LogP contribution in [0.4, 0.5) is 34.1 Å². The summed E-state index contributed by atoms with van der Waals surface area (Å²) >= 11 is 0. The number of nitrogens with zero attached hydrogens (tertiary/aromatic N) is 3. The van der Waals surface area contributed by atoms with E-state index < -0.39 is 0 Å². The van der Waals surface area contributed by atoms with Crippen LogP contribution in [0.5, 0.6) is 0 Å². The molecule has 3 nitrogen and oxygen atoms in total. The van der Waals surface area contributed by atoms with Gasteiger partial charge in [0, 0.05) is 33.5 Å². The molecule has 0 N–H and O–H groups in total. The van der Waals surface area contributed by atoms with Gasteiger partial charge in [-0.2, -0.15) is 0 Å². The summed E-state index contributed by atoms with van der Waals surface area (Å²) < 4.78 is 2.56. The van der Waals surface area contributed by atoms with E-state index in [2.05, 4.69) is 180 Å². The number of anilines is 6. The molecular weight excluding hydrogens is 689 g/mol. The van der Waals surface area contributed by atoms with Gasteiger partial charge >= 0.3 is 0 Å². The van der Waals surface area contributed by atoms with Crippen LogP contribution in [0.1, 0.15) is 109 Å². The Morgan fingerprint density at radius 3 is 1.81 bits per heavy atom. The SMILES string of the molecule is Cc1cc2c3c(c1)N1c4c(cccc4-n4c5ccccc5c5cccc1c54)B3c1cc3c(cc1N2c1ccc2c(c1)C(C)(C)CCC2(C)C)C(C)(C)CCC3(C)C. The van der Waals surface area contributed by atoms with Gasteiger partial charge < -0.3 is 14.4 Å². The summed E-state index contributed by atoms with van der Waals surface area (Å²) in [6.45, 7) is 22.1. The van der Waals surface area contributed by atoms with Crippen LogP contribution in [-0.4, -0.2) is 11.3 Å². The number of aryl methyl sites for hydroxylation is 1. The number of aromatic nitrogens is 1. The molecule has 0 atom stereocenters. The van der Waals surface area contributed by atoms with Crippen molar-refractivity contribution in [3.8, 4) is 5.69 Å². The molecule has 6 aromatic carbocycles. The lowest BCUT2D eigenvalue weighted by atomic mass is 9.33. The lowest BCUT2D eigenvalue weighted by Gasteiger charge is -2.48. The molecule has 4 heterocycles. The predicted octanol–water partition coefficient (Wildman–Crippen LogP) is 12.2. The molecule has 2 aliphatic carbocycles. The molecule has 5 aliphatic rings. The van der Waals surface area contributed by atoms with Crippen LogP contribution in [0.3, 0.4) is 0 Å². The summed E-state index contributed by atoms with van der Waals surface area (Å²) in [7, 11) is 0. The fourth-order valence-electron chi connectivity index (χ4n) is 12.1. The Kier molecular flexibility index (Phi) is 6.32. The largest absolute Gasteiger partial charge is 0.311 e. The Morgan fingerprint density at radius 2 is 1.07 bits per heavy atom. The van der Waals surface area contributed by atoms with Crippen molar-refractivity contribution in [1.29, 1.82) is 0 Å². The van der Waals surface area contributed by atoms with Crippen molar-refractivity contribution >= 4 is 79.0 Å². The highest BCUT2D eigenvalue weighted by atomic mass is 15.2. The second kappa shape index (κ2) is 10.6. The highest BCUT2D eigenvalue weighted by Gasteiger charge is 2.48. The zero-order valence-electron chi connectivity index (χ0n) is 35.1. The third kappa shape index (κ3) is 4.24. The highest BCUT2D eigenvalue weighted by Crippen LogP contribution is 2.55. The molecule has 4 heteroatoms. The Balaban J connectivity index is 1.22. The number of hydrogen-bond donors (Lipinski definition) is 0. The minimum Gasteiger partial charge on any atom is -0.311 e. The fourth-order valence-corrected chi connectivity index (χ4v) is 12.1. The molecule has 0 radical (unpaired) electrons. The molecule has 0 spiro atoms. The molecule has 1 aromatic heterocycles. The minimum atomic E-state index is 0.0886. The average Bonchev–Trinajstić information content (AvgIpc) is 3.52. The predicted molar refractivity (Wildman–Crippen MR) is 244 cm³/mol. The van der Waals surface area contributed by atoms with Gasteiger partial charge in [-0.3, -0.25) is 0 Å². The fraction of sp³-hybridized carbons (Fsp3) is 0.321. The van der Waals surface area contributed by atoms with Crippen LogP contribution in [0.25, 0.3) is 27.5 Å². The minimum absolute atomic E-state index is 0.0886. The molecule has 0 amide bonds. The maximum atomic E-state index is 2.68. The van der Waals surface area contributed by atoms with Gasteiger partial charge in [0.05, 0.1) is 28.1 Å². The van der Waals surface area contributed by atoms with E-state index in [1.54, 1.807) is 0 Å². The van der Waals surface area contributed by atoms with Gasteiger partial charge in [-0.25, -0.2) is 0 Å². The van der Waals surface area contributed by atoms with Gasteiger partial charge in [0.25, 0.3) is 6.71 Å². The van der Waals surface area contributed by atoms with Crippen molar-refractivity contribution in [2.45, 2.75) is 110 Å². The van der Waals surface area contributed by atoms with Crippen molar-refractivity contribution in [2.24, 2.45) is 0 Å². The third-order valence-corrected chi connectivity index (χ3v) is 15.4. The van der Waals surface area contributed by atoms with Gasteiger partial charge in [0.2, 0.25) is 0 Å². The molecule has 0 fully saturated rings. The van der Waals surface area contributed by atoms with Crippen LogP contribution in [0.15, 0.2) is 103 Å². The summed E-state index contributed by atoms with van der Waals surface area (Å²) in [4.78, 5) is 5.32. The smallest absolute Gasteiger partial charge is 0.252 e. The molecule has 0 bridgehead atoms. The molecule has 0 unspecified atom stereocenters. The van der Waals surface area contributed by atoms with Gasteiger partial charge in [0.15, 0.2) is 0 Å². The standard InChI is InChI=1S/C53H52BN3/c1-31-26-45-47-46(27-31)57-42-18-12-15-34-33-14-10-11-17-41(33)56(48(34)42)43-19-13-16-39(49(43)57)54(47)40-29-37-38(53(8,9)25-24-52(37,6)7)30-44(40)55(45)32-20-21-35-36(28-32)51(4,5)23-22-50(35,2)3/h10-21,26-30H,22-25H2,1-9H3. The van der Waals surface area contributed by atoms with E-state index in [0.29, 0.717) is 0 Å². The van der Waals surface area contributed by atoms with E-state index in [4.69, 9.17) is 0 Å². The van der Waals surface area contributed by atoms with E-state index in [-0.39, 0.29) is 28.4 Å². The normalized spacial score (nSPS) is 19.5. The number of hydrogen-bond acceptors (Lipinski definition) is 2. The van der Waals surface area contributed by atoms with Crippen LogP contribution in [0, 0.1) is 6.92 Å². The lowest BCUT2D eigenvalue weighted by Crippen LogP contribution is -2.62. The van der Waals surface area contributed by atoms with Crippen LogP contribution >= 0.6 is 0 Å². The highest BCUT2D eigenvalue weighted by molar-refractivity contribution is 7.00. The second-order valence-corrected chi connectivity index (χ2v) is 20.8. The quantitative estimate of drug-likeness (QED) is 0.155. The van der Waals surface area contributed by atoms with Crippen LogP contribution in [-0.2, 0) is 21.7 Å². The number of para-hydroxylation sites is 3. The summed E-state index contributed by atoms with van der Waals surface area (Å²) in [5.41, 5.74) is 23.7. The molecule has 7 aromatic rings. The molecule has 3 aliphatic heterocycles. The maximum absolute atomic E-state index is 2.68. The summed E-state index contributed by atoms with van der Waals surface area (Å²) in [5, 5.41) is 2.62. The molecule has 0 saturated carbocycles. The van der Waals surface area contributed by atoms with E-state index in [9.17, 15) is 0 Å². The average molecular weight is 742 g/mol. The Morgan fingerprint density at radius 1 is 0.474 bits per heavy atom. The number of benzene rings is 6. The first-order valence-electron chi connectivity index (χ1n) is 21.4. The lowest BCUT2D eigenvalue weighted by molar-refractivity contribution is 0.332. The van der Waals surface area contributed by atoms with Crippen molar-refractivity contribution in [3.05, 3.63) is 131 Å². The van der Waals surface area contributed by atoms with Crippen LogP contribution < -0.4 is 26.2 Å². The van der Waals surface area contributed by atoms with E-state index in [1.165, 1.54) is 132 Å². The molecule has 12 rings (SSSR count). The van der Waals surface area contributed by atoms with Crippen molar-refractivity contribution < 1.29 is 0 Å². The first-order chi connectivity index (χ1) is 27.2. The maximum Gasteiger partial charge on any atom is 0.252 e. The van der Waals surface area contributed by atoms with Gasteiger partial charge in [-0.15, -0.1) is 0 Å². The van der Waals surface area contributed by atoms with Gasteiger partial charge in [0.1, 0.15) is 0 Å². The summed E-state index contributed by atoms with van der Waals surface area (Å²) in [5.74, 6) is 0. The number of fused-ring (bicyclic) bond motifs is 11. The third-order valence-electron chi connectivity index (χ3n) is 15.4. The monoisotopic (exact) mass is 741 g/mol. The summed E-state index contributed by atoms with van der Waals surface area (Å²) in [6.07, 6.45) is 4.80. The van der Waals surface area contributed by atoms with Crippen molar-refractivity contribution in [2.75, 3.05) is 9.80 Å². The topological polar surface area (TPSA) is 11.4 Å². The van der Waals surface area contributed by atoms with Crippen molar-refractivity contribution in [1.82, 2.24) is 4.57 Å². The molecule has 282 valence electrons. The Bertz CT molecular complexity index is 2960. The first-order valence-corrected chi connectivity index (χ1v) is 21.4. The zero-order valence-corrected chi connectivity index (χ0v) is 35.1. The molecule has 57 heavy (non-hydrogen) atoms. The number of rotatable bonds is 1.